The first-order valence-electron chi connectivity index (χ1n) is 18.8. The van der Waals surface area contributed by atoms with Crippen LogP contribution in [0, 0.1) is 0 Å². The highest BCUT2D eigenvalue weighted by Crippen LogP contribution is 2.40. The molecule has 5 nitrogen and oxygen atoms in total. The molecule has 0 aliphatic heterocycles. The number of rotatable bonds is 6. The van der Waals surface area contributed by atoms with E-state index in [4.69, 9.17) is 19.4 Å². The molecule has 0 radical (unpaired) electrons. The normalized spacial score (nSPS) is 11.6. The van der Waals surface area contributed by atoms with E-state index in [0.717, 1.165) is 61.0 Å². The number of aromatic nitrogens is 4. The van der Waals surface area contributed by atoms with Crippen molar-refractivity contribution in [1.29, 1.82) is 0 Å². The van der Waals surface area contributed by atoms with Gasteiger partial charge in [-0.25, -0.2) is 15.0 Å². The maximum atomic E-state index is 6.68. The zero-order chi connectivity index (χ0) is 37.0. The molecule has 0 saturated carbocycles. The molecule has 0 atom stereocenters. The van der Waals surface area contributed by atoms with Crippen molar-refractivity contribution in [1.82, 2.24) is 19.5 Å². The second kappa shape index (κ2) is 13.0. The third-order valence-electron chi connectivity index (χ3n) is 10.7. The van der Waals surface area contributed by atoms with Crippen molar-refractivity contribution in [2.75, 3.05) is 0 Å². The topological polar surface area (TPSA) is 56.7 Å². The maximum absolute atomic E-state index is 6.68. The van der Waals surface area contributed by atoms with Crippen LogP contribution in [0.15, 0.2) is 199 Å². The summed E-state index contributed by atoms with van der Waals surface area (Å²) < 4.78 is 9.04. The molecule has 5 heteroatoms. The number of nitrogens with zero attached hydrogens (tertiary/aromatic N) is 4. The Kier molecular flexibility index (Phi) is 7.42. The van der Waals surface area contributed by atoms with Gasteiger partial charge in [0.1, 0.15) is 11.2 Å². The van der Waals surface area contributed by atoms with Gasteiger partial charge < -0.3 is 8.98 Å². The fourth-order valence-corrected chi connectivity index (χ4v) is 7.95. The van der Waals surface area contributed by atoms with Crippen molar-refractivity contribution < 1.29 is 4.42 Å². The van der Waals surface area contributed by atoms with Gasteiger partial charge in [0.15, 0.2) is 17.5 Å². The summed E-state index contributed by atoms with van der Waals surface area (Å²) >= 11 is 0. The van der Waals surface area contributed by atoms with Crippen LogP contribution in [0.2, 0.25) is 0 Å². The predicted molar refractivity (Wildman–Crippen MR) is 229 cm³/mol. The van der Waals surface area contributed by atoms with E-state index in [-0.39, 0.29) is 0 Å². The minimum absolute atomic E-state index is 0.613. The van der Waals surface area contributed by atoms with Crippen LogP contribution in [0.1, 0.15) is 0 Å². The molecule has 0 spiro atoms. The summed E-state index contributed by atoms with van der Waals surface area (Å²) in [6.45, 7) is 0. The van der Waals surface area contributed by atoms with E-state index in [1.165, 1.54) is 27.4 Å². The fourth-order valence-electron chi connectivity index (χ4n) is 7.95. The van der Waals surface area contributed by atoms with Gasteiger partial charge in [-0.3, -0.25) is 0 Å². The van der Waals surface area contributed by atoms with Crippen LogP contribution in [-0.2, 0) is 0 Å². The number of hydrogen-bond donors (Lipinski definition) is 0. The molecule has 0 N–H and O–H groups in total. The van der Waals surface area contributed by atoms with Crippen molar-refractivity contribution in [3.05, 3.63) is 194 Å². The van der Waals surface area contributed by atoms with E-state index in [1.54, 1.807) is 0 Å². The lowest BCUT2D eigenvalue weighted by atomic mass is 10.00. The van der Waals surface area contributed by atoms with E-state index in [1.807, 2.05) is 72.8 Å². The summed E-state index contributed by atoms with van der Waals surface area (Å²) in [6.07, 6.45) is 0. The average Bonchev–Trinajstić information content (AvgIpc) is 3.82. The lowest BCUT2D eigenvalue weighted by molar-refractivity contribution is 0.670. The lowest BCUT2D eigenvalue weighted by Crippen LogP contribution is -2.00. The minimum atomic E-state index is 0.613. The first kappa shape index (κ1) is 31.9. The van der Waals surface area contributed by atoms with Gasteiger partial charge in [-0.15, -0.1) is 0 Å². The summed E-state index contributed by atoms with van der Waals surface area (Å²) in [5.41, 5.74) is 12.5. The van der Waals surface area contributed by atoms with Gasteiger partial charge in [0, 0.05) is 49.5 Å². The van der Waals surface area contributed by atoms with Gasteiger partial charge in [-0.05, 0) is 65.2 Å². The summed E-state index contributed by atoms with van der Waals surface area (Å²) in [7, 11) is 0. The van der Waals surface area contributed by atoms with Crippen LogP contribution in [0.5, 0.6) is 0 Å². The van der Waals surface area contributed by atoms with Crippen LogP contribution < -0.4 is 0 Å². The molecule has 0 unspecified atom stereocenters. The quantitative estimate of drug-likeness (QED) is 0.172. The molecule has 3 aromatic heterocycles. The summed E-state index contributed by atoms with van der Waals surface area (Å²) in [6, 6.07) is 67.5. The first-order chi connectivity index (χ1) is 27.7. The Hall–Kier alpha value is -7.63. The van der Waals surface area contributed by atoms with E-state index in [0.29, 0.717) is 17.5 Å². The monoisotopic (exact) mass is 716 g/mol. The van der Waals surface area contributed by atoms with Crippen molar-refractivity contribution >= 4 is 43.7 Å². The number of benzene rings is 8. The number of hydrogen-bond acceptors (Lipinski definition) is 4. The van der Waals surface area contributed by atoms with Crippen LogP contribution >= 0.6 is 0 Å². The van der Waals surface area contributed by atoms with Crippen LogP contribution in [0.4, 0.5) is 0 Å². The standard InChI is InChI=1S/C51H32N4O/c1-4-13-33(14-5-1)34-23-27-39(28-24-34)55-45-22-11-10-19-41(45)43-31-37(25-29-46(43)55)40-20-12-21-42-44-32-38(26-30-47(44)56-48(40)42)51-53-49(35-15-6-2-7-16-35)52-50(54-51)36-17-8-3-9-18-36/h1-32H. The Labute approximate surface area is 322 Å². The van der Waals surface area contributed by atoms with E-state index in [2.05, 4.69) is 126 Å². The molecule has 262 valence electrons. The van der Waals surface area contributed by atoms with E-state index >= 15 is 0 Å². The maximum Gasteiger partial charge on any atom is 0.164 e. The Morgan fingerprint density at radius 1 is 0.339 bits per heavy atom. The van der Waals surface area contributed by atoms with Crippen LogP contribution in [-0.4, -0.2) is 19.5 Å². The molecule has 11 aromatic rings. The molecule has 0 aliphatic carbocycles. The minimum Gasteiger partial charge on any atom is -0.455 e. The number of furan rings is 1. The van der Waals surface area contributed by atoms with E-state index in [9.17, 15) is 0 Å². The Bertz CT molecular complexity index is 3160. The Morgan fingerprint density at radius 2 is 0.857 bits per heavy atom. The molecule has 0 aliphatic rings. The molecule has 8 aromatic carbocycles. The zero-order valence-electron chi connectivity index (χ0n) is 30.2. The van der Waals surface area contributed by atoms with Crippen molar-refractivity contribution in [2.24, 2.45) is 0 Å². The van der Waals surface area contributed by atoms with Gasteiger partial charge in [0.05, 0.1) is 11.0 Å². The molecule has 0 fully saturated rings. The van der Waals surface area contributed by atoms with E-state index < -0.39 is 0 Å². The van der Waals surface area contributed by atoms with Crippen molar-refractivity contribution in [3.8, 4) is 62.1 Å². The van der Waals surface area contributed by atoms with Crippen LogP contribution in [0.25, 0.3) is 106 Å². The molecule has 56 heavy (non-hydrogen) atoms. The average molecular weight is 717 g/mol. The first-order valence-corrected chi connectivity index (χ1v) is 18.8. The highest BCUT2D eigenvalue weighted by Gasteiger charge is 2.18. The highest BCUT2D eigenvalue weighted by molar-refractivity contribution is 6.13. The third kappa shape index (κ3) is 5.37. The Morgan fingerprint density at radius 3 is 1.55 bits per heavy atom. The van der Waals surface area contributed by atoms with Crippen molar-refractivity contribution in [2.45, 2.75) is 0 Å². The molecule has 11 rings (SSSR count). The third-order valence-corrected chi connectivity index (χ3v) is 10.7. The lowest BCUT2D eigenvalue weighted by Gasteiger charge is -2.10. The van der Waals surface area contributed by atoms with Gasteiger partial charge in [0.2, 0.25) is 0 Å². The predicted octanol–water partition coefficient (Wildman–Crippen LogP) is 13.2. The second-order valence-corrected chi connectivity index (χ2v) is 14.0. The molecule has 0 amide bonds. The van der Waals surface area contributed by atoms with Gasteiger partial charge in [0.25, 0.3) is 0 Å². The SMILES string of the molecule is c1ccc(-c2ccc(-n3c4ccccc4c4cc(-c5cccc6c5oc5ccc(-c7nc(-c8ccccc8)nc(-c8ccccc8)n7)cc56)ccc43)cc2)cc1. The van der Waals surface area contributed by atoms with Gasteiger partial charge in [-0.1, -0.05) is 146 Å². The summed E-state index contributed by atoms with van der Waals surface area (Å²) in [4.78, 5) is 14.8. The molecule has 3 heterocycles. The Balaban J connectivity index is 1.02. The largest absolute Gasteiger partial charge is 0.455 e. The number of para-hydroxylation sites is 2. The molecule has 0 saturated heterocycles. The van der Waals surface area contributed by atoms with Crippen molar-refractivity contribution in [3.63, 3.8) is 0 Å². The van der Waals surface area contributed by atoms with Gasteiger partial charge in [-0.2, -0.15) is 0 Å². The van der Waals surface area contributed by atoms with Gasteiger partial charge >= 0.3 is 0 Å². The molecule has 0 bridgehead atoms. The molecular formula is C51H32N4O. The highest BCUT2D eigenvalue weighted by atomic mass is 16.3. The number of fused-ring (bicyclic) bond motifs is 6. The smallest absolute Gasteiger partial charge is 0.164 e. The second-order valence-electron chi connectivity index (χ2n) is 14.0. The fraction of sp³-hybridized carbons (Fsp3) is 0. The summed E-state index contributed by atoms with van der Waals surface area (Å²) in [5.74, 6) is 1.88. The summed E-state index contributed by atoms with van der Waals surface area (Å²) in [5, 5.41) is 4.46. The van der Waals surface area contributed by atoms with Crippen LogP contribution in [0.3, 0.4) is 0 Å². The zero-order valence-corrected chi connectivity index (χ0v) is 30.2. The molecular weight excluding hydrogens is 685 g/mol.